The van der Waals surface area contributed by atoms with Gasteiger partial charge in [-0.05, 0) is 42.8 Å². The third-order valence-electron chi connectivity index (χ3n) is 2.97. The van der Waals surface area contributed by atoms with Crippen molar-refractivity contribution in [1.29, 1.82) is 0 Å². The van der Waals surface area contributed by atoms with Gasteiger partial charge in [-0.2, -0.15) is 0 Å². The molecule has 2 N–H and O–H groups in total. The SMILES string of the molecule is Cc1cc(-c2nnco2)ccc1NCc1ccc[nH]1. The van der Waals surface area contributed by atoms with E-state index in [0.29, 0.717) is 5.89 Å². The molecule has 0 bridgehead atoms. The maximum absolute atomic E-state index is 5.19. The quantitative estimate of drug-likeness (QED) is 0.751. The number of rotatable bonds is 4. The van der Waals surface area contributed by atoms with E-state index in [2.05, 4.69) is 33.5 Å². The average molecular weight is 254 g/mol. The van der Waals surface area contributed by atoms with Crippen molar-refractivity contribution in [3.05, 3.63) is 54.2 Å². The third-order valence-corrected chi connectivity index (χ3v) is 2.97. The van der Waals surface area contributed by atoms with Gasteiger partial charge in [0.15, 0.2) is 0 Å². The van der Waals surface area contributed by atoms with Gasteiger partial charge in [0.05, 0.1) is 6.54 Å². The van der Waals surface area contributed by atoms with Crippen LogP contribution in [0.25, 0.3) is 11.5 Å². The second-order valence-corrected chi connectivity index (χ2v) is 4.32. The molecule has 0 fully saturated rings. The predicted octanol–water partition coefficient (Wildman–Crippen LogP) is 2.99. The van der Waals surface area contributed by atoms with E-state index < -0.39 is 0 Å². The minimum absolute atomic E-state index is 0.541. The van der Waals surface area contributed by atoms with Crippen LogP contribution in [0.5, 0.6) is 0 Å². The molecule has 5 nitrogen and oxygen atoms in total. The number of H-pyrrole nitrogens is 1. The van der Waals surface area contributed by atoms with Crippen molar-refractivity contribution in [2.24, 2.45) is 0 Å². The van der Waals surface area contributed by atoms with Crippen LogP contribution in [-0.4, -0.2) is 15.2 Å². The van der Waals surface area contributed by atoms with Crippen LogP contribution in [0.1, 0.15) is 11.3 Å². The molecular weight excluding hydrogens is 240 g/mol. The maximum Gasteiger partial charge on any atom is 0.247 e. The second kappa shape index (κ2) is 4.97. The Hall–Kier alpha value is -2.56. The molecule has 0 unspecified atom stereocenters. The van der Waals surface area contributed by atoms with E-state index in [0.717, 1.165) is 29.1 Å². The van der Waals surface area contributed by atoms with E-state index in [4.69, 9.17) is 4.42 Å². The first kappa shape index (κ1) is 11.5. The molecule has 2 heterocycles. The Morgan fingerprint density at radius 1 is 1.32 bits per heavy atom. The number of nitrogens with zero attached hydrogens (tertiary/aromatic N) is 2. The number of anilines is 1. The Kier molecular flexibility index (Phi) is 3.02. The summed E-state index contributed by atoms with van der Waals surface area (Å²) in [4.78, 5) is 3.16. The fourth-order valence-corrected chi connectivity index (χ4v) is 1.96. The van der Waals surface area contributed by atoms with Crippen molar-refractivity contribution < 1.29 is 4.42 Å². The smallest absolute Gasteiger partial charge is 0.247 e. The first-order valence-electron chi connectivity index (χ1n) is 6.06. The van der Waals surface area contributed by atoms with Gasteiger partial charge in [-0.15, -0.1) is 10.2 Å². The number of nitrogens with one attached hydrogen (secondary N) is 2. The molecule has 0 saturated carbocycles. The molecule has 5 heteroatoms. The maximum atomic E-state index is 5.19. The number of aromatic nitrogens is 3. The van der Waals surface area contributed by atoms with E-state index in [1.165, 1.54) is 6.39 Å². The van der Waals surface area contributed by atoms with Crippen LogP contribution in [0.15, 0.2) is 47.3 Å². The van der Waals surface area contributed by atoms with E-state index in [9.17, 15) is 0 Å². The highest BCUT2D eigenvalue weighted by atomic mass is 16.4. The van der Waals surface area contributed by atoms with E-state index >= 15 is 0 Å². The lowest BCUT2D eigenvalue weighted by atomic mass is 10.1. The lowest BCUT2D eigenvalue weighted by molar-refractivity contribution is 0.568. The van der Waals surface area contributed by atoms with Gasteiger partial charge < -0.3 is 14.7 Å². The summed E-state index contributed by atoms with van der Waals surface area (Å²) < 4.78 is 5.19. The van der Waals surface area contributed by atoms with Crippen molar-refractivity contribution in [1.82, 2.24) is 15.2 Å². The molecule has 1 aromatic carbocycles. The van der Waals surface area contributed by atoms with Crippen LogP contribution < -0.4 is 5.32 Å². The molecule has 0 aliphatic heterocycles. The predicted molar refractivity (Wildman–Crippen MR) is 72.6 cm³/mol. The first-order chi connectivity index (χ1) is 9.33. The highest BCUT2D eigenvalue weighted by Crippen LogP contribution is 2.23. The standard InChI is InChI=1S/C14H14N4O/c1-10-7-11(14-18-17-9-19-14)4-5-13(10)16-8-12-3-2-6-15-12/h2-7,9,15-16H,8H2,1H3. The average Bonchev–Trinajstić information content (AvgIpc) is 3.10. The summed E-state index contributed by atoms with van der Waals surface area (Å²) in [5, 5.41) is 11.0. The summed E-state index contributed by atoms with van der Waals surface area (Å²) in [6.07, 6.45) is 3.25. The Balaban J connectivity index is 1.76. The molecule has 3 aromatic rings. The van der Waals surface area contributed by atoms with Crippen LogP contribution in [0.3, 0.4) is 0 Å². The largest absolute Gasteiger partial charge is 0.423 e. The number of aryl methyl sites for hydroxylation is 1. The van der Waals surface area contributed by atoms with Crippen LogP contribution >= 0.6 is 0 Å². The molecule has 0 radical (unpaired) electrons. The summed E-state index contributed by atoms with van der Waals surface area (Å²) in [6.45, 7) is 2.82. The van der Waals surface area contributed by atoms with Crippen molar-refractivity contribution in [3.8, 4) is 11.5 Å². The number of benzene rings is 1. The van der Waals surface area contributed by atoms with Gasteiger partial charge in [-0.3, -0.25) is 0 Å². The monoisotopic (exact) mass is 254 g/mol. The first-order valence-corrected chi connectivity index (χ1v) is 6.06. The van der Waals surface area contributed by atoms with Crippen molar-refractivity contribution in [3.63, 3.8) is 0 Å². The third kappa shape index (κ3) is 2.49. The van der Waals surface area contributed by atoms with Gasteiger partial charge in [0.25, 0.3) is 0 Å². The summed E-state index contributed by atoms with van der Waals surface area (Å²) >= 11 is 0. The Morgan fingerprint density at radius 2 is 2.26 bits per heavy atom. The van der Waals surface area contributed by atoms with Gasteiger partial charge in [-0.25, -0.2) is 0 Å². The molecular formula is C14H14N4O. The molecule has 0 saturated heterocycles. The molecule has 0 aliphatic carbocycles. The van der Waals surface area contributed by atoms with Crippen LogP contribution in [0.2, 0.25) is 0 Å². The fourth-order valence-electron chi connectivity index (χ4n) is 1.96. The summed E-state index contributed by atoms with van der Waals surface area (Å²) in [5.41, 5.74) is 4.32. The van der Waals surface area contributed by atoms with Crippen molar-refractivity contribution in [2.45, 2.75) is 13.5 Å². The van der Waals surface area contributed by atoms with Gasteiger partial charge in [0.1, 0.15) is 0 Å². The van der Waals surface area contributed by atoms with E-state index in [-0.39, 0.29) is 0 Å². The summed E-state index contributed by atoms with van der Waals surface area (Å²) in [5.74, 6) is 0.541. The van der Waals surface area contributed by atoms with Crippen molar-refractivity contribution in [2.75, 3.05) is 5.32 Å². The zero-order valence-electron chi connectivity index (χ0n) is 10.6. The molecule has 19 heavy (non-hydrogen) atoms. The van der Waals surface area contributed by atoms with Gasteiger partial charge >= 0.3 is 0 Å². The fraction of sp³-hybridized carbons (Fsp3) is 0.143. The van der Waals surface area contributed by atoms with Gasteiger partial charge in [0.2, 0.25) is 12.3 Å². The molecule has 0 atom stereocenters. The van der Waals surface area contributed by atoms with Crippen molar-refractivity contribution >= 4 is 5.69 Å². The minimum atomic E-state index is 0.541. The minimum Gasteiger partial charge on any atom is -0.423 e. The van der Waals surface area contributed by atoms with Gasteiger partial charge in [0, 0.05) is 23.1 Å². The molecule has 96 valence electrons. The summed E-state index contributed by atoms with van der Waals surface area (Å²) in [6, 6.07) is 10.1. The van der Waals surface area contributed by atoms with Gasteiger partial charge in [-0.1, -0.05) is 0 Å². The topological polar surface area (TPSA) is 66.7 Å². The molecule has 3 rings (SSSR count). The number of hydrogen-bond acceptors (Lipinski definition) is 4. The molecule has 2 aromatic heterocycles. The number of aromatic amines is 1. The van der Waals surface area contributed by atoms with E-state index in [1.807, 2.05) is 30.5 Å². The lowest BCUT2D eigenvalue weighted by Crippen LogP contribution is -2.01. The zero-order chi connectivity index (χ0) is 13.1. The highest BCUT2D eigenvalue weighted by molar-refractivity contribution is 5.62. The highest BCUT2D eigenvalue weighted by Gasteiger charge is 2.06. The van der Waals surface area contributed by atoms with E-state index in [1.54, 1.807) is 0 Å². The molecule has 0 spiro atoms. The molecule has 0 aliphatic rings. The Morgan fingerprint density at radius 3 is 2.95 bits per heavy atom. The Labute approximate surface area is 110 Å². The van der Waals surface area contributed by atoms with Crippen LogP contribution in [0.4, 0.5) is 5.69 Å². The normalized spacial score (nSPS) is 10.6. The lowest BCUT2D eigenvalue weighted by Gasteiger charge is -2.09. The van der Waals surface area contributed by atoms with Crippen LogP contribution in [0, 0.1) is 6.92 Å². The number of hydrogen-bond donors (Lipinski definition) is 2. The zero-order valence-corrected chi connectivity index (χ0v) is 10.6. The molecule has 0 amide bonds. The Bertz CT molecular complexity index is 644. The van der Waals surface area contributed by atoms with Crippen LogP contribution in [-0.2, 0) is 6.54 Å². The second-order valence-electron chi connectivity index (χ2n) is 4.32. The summed E-state index contributed by atoms with van der Waals surface area (Å²) in [7, 11) is 0.